The van der Waals surface area contributed by atoms with Gasteiger partial charge in [0.15, 0.2) is 0 Å². The lowest BCUT2D eigenvalue weighted by molar-refractivity contribution is -0.384. The monoisotopic (exact) mass is 384 g/mol. The number of benzene rings is 2. The second-order valence-corrected chi connectivity index (χ2v) is 6.76. The third-order valence-electron chi connectivity index (χ3n) is 4.77. The first-order chi connectivity index (χ1) is 13.5. The van der Waals surface area contributed by atoms with Crippen LogP contribution in [0.2, 0.25) is 0 Å². The molecule has 3 rings (SSSR count). The van der Waals surface area contributed by atoms with E-state index in [1.165, 1.54) is 30.5 Å². The number of halogens is 1. The first-order valence-electron chi connectivity index (χ1n) is 9.05. The van der Waals surface area contributed by atoms with Gasteiger partial charge in [0.1, 0.15) is 5.82 Å². The van der Waals surface area contributed by atoms with Crippen LogP contribution in [0.5, 0.6) is 0 Å². The Hall–Kier alpha value is -3.13. The zero-order valence-electron chi connectivity index (χ0n) is 15.3. The minimum Gasteiger partial charge on any atom is -0.299 e. The summed E-state index contributed by atoms with van der Waals surface area (Å²) in [5.74, 6) is -0.534. The summed E-state index contributed by atoms with van der Waals surface area (Å²) < 4.78 is 12.9. The molecule has 0 atom stereocenters. The SMILES string of the molecule is O=C(N/N=C/c1ccc(F)cc1)C1CCN(Cc2ccc([N+](=O)[O-])cc2)CC1. The van der Waals surface area contributed by atoms with Crippen LogP contribution in [-0.4, -0.2) is 35.0 Å². The lowest BCUT2D eigenvalue weighted by atomic mass is 9.96. The van der Waals surface area contributed by atoms with E-state index in [0.29, 0.717) is 12.1 Å². The Balaban J connectivity index is 1.43. The minimum absolute atomic E-state index is 0.0836. The molecule has 1 saturated heterocycles. The lowest BCUT2D eigenvalue weighted by Crippen LogP contribution is -2.39. The predicted molar refractivity (Wildman–Crippen MR) is 103 cm³/mol. The Bertz CT molecular complexity index is 845. The maximum Gasteiger partial charge on any atom is 0.269 e. The van der Waals surface area contributed by atoms with Gasteiger partial charge < -0.3 is 0 Å². The first kappa shape index (κ1) is 19.6. The first-order valence-corrected chi connectivity index (χ1v) is 9.05. The van der Waals surface area contributed by atoms with E-state index in [4.69, 9.17) is 0 Å². The van der Waals surface area contributed by atoms with E-state index >= 15 is 0 Å². The number of nitrogens with one attached hydrogen (secondary N) is 1. The van der Waals surface area contributed by atoms with Crippen molar-refractivity contribution in [3.8, 4) is 0 Å². The van der Waals surface area contributed by atoms with E-state index in [0.717, 1.165) is 31.5 Å². The molecule has 1 fully saturated rings. The van der Waals surface area contributed by atoms with Crippen molar-refractivity contribution in [3.63, 3.8) is 0 Å². The number of hydrogen-bond acceptors (Lipinski definition) is 5. The number of non-ortho nitro benzene ring substituents is 1. The number of rotatable bonds is 6. The van der Waals surface area contributed by atoms with Crippen LogP contribution in [0.4, 0.5) is 10.1 Å². The Morgan fingerprint density at radius 2 is 1.82 bits per heavy atom. The van der Waals surface area contributed by atoms with Gasteiger partial charge in [-0.05, 0) is 49.2 Å². The molecule has 0 bridgehead atoms. The third-order valence-corrected chi connectivity index (χ3v) is 4.77. The maximum absolute atomic E-state index is 12.9. The number of amides is 1. The van der Waals surface area contributed by atoms with Crippen LogP contribution in [0.15, 0.2) is 53.6 Å². The molecule has 7 nitrogen and oxygen atoms in total. The van der Waals surface area contributed by atoms with Gasteiger partial charge in [-0.15, -0.1) is 0 Å². The smallest absolute Gasteiger partial charge is 0.269 e. The Morgan fingerprint density at radius 1 is 1.18 bits per heavy atom. The van der Waals surface area contributed by atoms with Crippen molar-refractivity contribution < 1.29 is 14.1 Å². The van der Waals surface area contributed by atoms with E-state index in [1.54, 1.807) is 24.3 Å². The van der Waals surface area contributed by atoms with E-state index in [1.807, 2.05) is 0 Å². The van der Waals surface area contributed by atoms with Crippen LogP contribution in [0.25, 0.3) is 0 Å². The van der Waals surface area contributed by atoms with E-state index in [2.05, 4.69) is 15.4 Å². The average Bonchev–Trinajstić information content (AvgIpc) is 2.70. The highest BCUT2D eigenvalue weighted by Gasteiger charge is 2.24. The van der Waals surface area contributed by atoms with Crippen LogP contribution in [-0.2, 0) is 11.3 Å². The lowest BCUT2D eigenvalue weighted by Gasteiger charge is -2.30. The number of piperidine rings is 1. The van der Waals surface area contributed by atoms with Gasteiger partial charge in [-0.1, -0.05) is 24.3 Å². The number of carbonyl (C=O) groups is 1. The van der Waals surface area contributed by atoms with Crippen LogP contribution in [0, 0.1) is 21.8 Å². The molecule has 28 heavy (non-hydrogen) atoms. The van der Waals surface area contributed by atoms with Crippen molar-refractivity contribution in [2.24, 2.45) is 11.0 Å². The van der Waals surface area contributed by atoms with Gasteiger partial charge in [0.05, 0.1) is 11.1 Å². The molecule has 0 unspecified atom stereocenters. The Labute approximate surface area is 162 Å². The second kappa shape index (κ2) is 9.18. The second-order valence-electron chi connectivity index (χ2n) is 6.76. The summed E-state index contributed by atoms with van der Waals surface area (Å²) in [6.07, 6.45) is 2.94. The quantitative estimate of drug-likeness (QED) is 0.471. The fourth-order valence-corrected chi connectivity index (χ4v) is 3.15. The number of likely N-dealkylation sites (tertiary alicyclic amines) is 1. The highest BCUT2D eigenvalue weighted by Crippen LogP contribution is 2.20. The summed E-state index contributed by atoms with van der Waals surface area (Å²) in [7, 11) is 0. The molecule has 0 aromatic heterocycles. The minimum atomic E-state index is -0.410. The Morgan fingerprint density at radius 3 is 2.43 bits per heavy atom. The van der Waals surface area contributed by atoms with Gasteiger partial charge in [0.2, 0.25) is 5.91 Å². The normalized spacial score (nSPS) is 15.6. The van der Waals surface area contributed by atoms with E-state index < -0.39 is 4.92 Å². The third kappa shape index (κ3) is 5.43. The highest BCUT2D eigenvalue weighted by atomic mass is 19.1. The van der Waals surface area contributed by atoms with Gasteiger partial charge in [0, 0.05) is 24.6 Å². The number of carbonyl (C=O) groups excluding carboxylic acids is 1. The van der Waals surface area contributed by atoms with Gasteiger partial charge >= 0.3 is 0 Å². The van der Waals surface area contributed by atoms with Crippen molar-refractivity contribution in [3.05, 3.63) is 75.6 Å². The van der Waals surface area contributed by atoms with E-state index in [-0.39, 0.29) is 23.3 Å². The van der Waals surface area contributed by atoms with E-state index in [9.17, 15) is 19.3 Å². The van der Waals surface area contributed by atoms with Crippen LogP contribution in [0.3, 0.4) is 0 Å². The van der Waals surface area contributed by atoms with Crippen molar-refractivity contribution >= 4 is 17.8 Å². The molecule has 1 heterocycles. The molecule has 1 aliphatic rings. The fourth-order valence-electron chi connectivity index (χ4n) is 3.15. The largest absolute Gasteiger partial charge is 0.299 e. The molecule has 1 amide bonds. The highest BCUT2D eigenvalue weighted by molar-refractivity contribution is 5.83. The summed E-state index contributed by atoms with van der Waals surface area (Å²) in [6.45, 7) is 2.25. The number of hydrogen-bond donors (Lipinski definition) is 1. The molecule has 0 radical (unpaired) electrons. The summed E-state index contributed by atoms with van der Waals surface area (Å²) in [5, 5.41) is 14.6. The van der Waals surface area contributed by atoms with Gasteiger partial charge in [-0.25, -0.2) is 9.82 Å². The molecule has 1 N–H and O–H groups in total. The molecule has 1 aliphatic heterocycles. The molecular weight excluding hydrogens is 363 g/mol. The molecular formula is C20H21FN4O3. The zero-order valence-corrected chi connectivity index (χ0v) is 15.3. The number of hydrazone groups is 1. The standard InChI is InChI=1S/C20H21FN4O3/c21-18-5-1-15(2-6-18)13-22-23-20(26)17-9-11-24(12-10-17)14-16-3-7-19(8-4-16)25(27)28/h1-8,13,17H,9-12,14H2,(H,23,26)/b22-13+. The molecule has 146 valence electrons. The summed E-state index contributed by atoms with van der Waals surface area (Å²) >= 11 is 0. The van der Waals surface area contributed by atoms with Gasteiger partial charge in [-0.2, -0.15) is 5.10 Å². The van der Waals surface area contributed by atoms with Crippen LogP contribution < -0.4 is 5.43 Å². The molecule has 2 aromatic rings. The topological polar surface area (TPSA) is 87.8 Å². The van der Waals surface area contributed by atoms with Crippen LogP contribution in [0.1, 0.15) is 24.0 Å². The Kier molecular flexibility index (Phi) is 6.44. The van der Waals surface area contributed by atoms with Crippen molar-refractivity contribution in [1.82, 2.24) is 10.3 Å². The van der Waals surface area contributed by atoms with Gasteiger partial charge in [0.25, 0.3) is 5.69 Å². The summed E-state index contributed by atoms with van der Waals surface area (Å²) in [4.78, 5) is 24.8. The summed E-state index contributed by atoms with van der Waals surface area (Å²) in [6, 6.07) is 12.4. The maximum atomic E-state index is 12.9. The number of nitrogens with zero attached hydrogens (tertiary/aromatic N) is 3. The molecule has 0 aliphatic carbocycles. The molecule has 8 heteroatoms. The van der Waals surface area contributed by atoms with Crippen LogP contribution >= 0.6 is 0 Å². The predicted octanol–water partition coefficient (Wildman–Crippen LogP) is 3.10. The number of nitro groups is 1. The number of nitro benzene ring substituents is 1. The molecule has 0 saturated carbocycles. The average molecular weight is 384 g/mol. The summed E-state index contributed by atoms with van der Waals surface area (Å²) in [5.41, 5.74) is 4.35. The van der Waals surface area contributed by atoms with Crippen molar-refractivity contribution in [2.75, 3.05) is 13.1 Å². The van der Waals surface area contributed by atoms with Crippen molar-refractivity contribution in [2.45, 2.75) is 19.4 Å². The fraction of sp³-hybridized carbons (Fsp3) is 0.300. The molecule has 0 spiro atoms. The van der Waals surface area contributed by atoms with Crippen molar-refractivity contribution in [1.29, 1.82) is 0 Å². The molecule has 2 aromatic carbocycles. The zero-order chi connectivity index (χ0) is 19.9. The van der Waals surface area contributed by atoms with Gasteiger partial charge in [-0.3, -0.25) is 19.8 Å².